The average molecular weight is 253 g/mol. The summed E-state index contributed by atoms with van der Waals surface area (Å²) in [4.78, 5) is 0. The van der Waals surface area contributed by atoms with Crippen LogP contribution in [0, 0.1) is 0 Å². The molecule has 0 fully saturated rings. The van der Waals surface area contributed by atoms with Gasteiger partial charge in [-0.15, -0.1) is 0 Å². The number of sulfonamides is 1. The zero-order valence-corrected chi connectivity index (χ0v) is 9.19. The number of anilines is 1. The van der Waals surface area contributed by atoms with Crippen molar-refractivity contribution in [2.75, 3.05) is 10.5 Å². The van der Waals surface area contributed by atoms with Gasteiger partial charge in [0.15, 0.2) is 0 Å². The van der Waals surface area contributed by atoms with Crippen LogP contribution >= 0.6 is 0 Å². The van der Waals surface area contributed by atoms with Crippen LogP contribution in [0.4, 0.5) is 18.9 Å². The monoisotopic (exact) mass is 253 g/mol. The van der Waals surface area contributed by atoms with Crippen LogP contribution in [0.1, 0.15) is 12.5 Å². The molecule has 7 heteroatoms. The highest BCUT2D eigenvalue weighted by Crippen LogP contribution is 2.34. The second-order valence-corrected chi connectivity index (χ2v) is 5.06. The van der Waals surface area contributed by atoms with Gasteiger partial charge in [-0.25, -0.2) is 8.42 Å². The van der Waals surface area contributed by atoms with Crippen molar-refractivity contribution in [3.63, 3.8) is 0 Å². The third-order valence-electron chi connectivity index (χ3n) is 1.88. The zero-order valence-electron chi connectivity index (χ0n) is 8.38. The van der Waals surface area contributed by atoms with Crippen LogP contribution in [0.25, 0.3) is 0 Å². The molecule has 0 spiro atoms. The molecule has 0 aliphatic rings. The Balaban J connectivity index is 3.16. The Hall–Kier alpha value is -1.24. The second-order valence-electron chi connectivity index (χ2n) is 3.05. The van der Waals surface area contributed by atoms with Gasteiger partial charge in [-0.2, -0.15) is 13.2 Å². The van der Waals surface area contributed by atoms with Gasteiger partial charge in [0, 0.05) is 0 Å². The van der Waals surface area contributed by atoms with Crippen molar-refractivity contribution in [3.8, 4) is 0 Å². The van der Waals surface area contributed by atoms with Crippen LogP contribution in [0.3, 0.4) is 0 Å². The van der Waals surface area contributed by atoms with E-state index in [9.17, 15) is 21.6 Å². The van der Waals surface area contributed by atoms with E-state index in [0.29, 0.717) is 0 Å². The molecule has 1 N–H and O–H groups in total. The minimum Gasteiger partial charge on any atom is -0.283 e. The van der Waals surface area contributed by atoms with Gasteiger partial charge in [-0.05, 0) is 19.1 Å². The van der Waals surface area contributed by atoms with E-state index in [1.165, 1.54) is 19.1 Å². The summed E-state index contributed by atoms with van der Waals surface area (Å²) < 4.78 is 61.7. The van der Waals surface area contributed by atoms with E-state index in [0.717, 1.165) is 12.1 Å². The summed E-state index contributed by atoms with van der Waals surface area (Å²) in [5.74, 6) is -0.279. The molecule has 1 rings (SSSR count). The van der Waals surface area contributed by atoms with Gasteiger partial charge < -0.3 is 0 Å². The highest BCUT2D eigenvalue weighted by atomic mass is 32.2. The van der Waals surface area contributed by atoms with Gasteiger partial charge in [0.1, 0.15) is 0 Å². The number of hydrogen-bond acceptors (Lipinski definition) is 2. The topological polar surface area (TPSA) is 46.2 Å². The predicted molar refractivity (Wildman–Crippen MR) is 54.5 cm³/mol. The molecular formula is C9H10F3NO2S. The molecule has 0 amide bonds. The molecule has 0 aliphatic heterocycles. The van der Waals surface area contributed by atoms with E-state index in [2.05, 4.69) is 0 Å². The molecule has 0 bridgehead atoms. The Morgan fingerprint density at radius 3 is 2.31 bits per heavy atom. The highest BCUT2D eigenvalue weighted by Gasteiger charge is 2.33. The van der Waals surface area contributed by atoms with Gasteiger partial charge in [0.2, 0.25) is 10.0 Å². The first kappa shape index (κ1) is 12.8. The van der Waals surface area contributed by atoms with E-state index < -0.39 is 27.5 Å². The summed E-state index contributed by atoms with van der Waals surface area (Å²) in [7, 11) is -3.71. The molecular weight excluding hydrogens is 243 g/mol. The maximum Gasteiger partial charge on any atom is 0.418 e. The highest BCUT2D eigenvalue weighted by molar-refractivity contribution is 7.92. The van der Waals surface area contributed by atoms with E-state index in [4.69, 9.17) is 0 Å². The van der Waals surface area contributed by atoms with Crippen LogP contribution in [-0.2, 0) is 16.2 Å². The number of rotatable bonds is 3. The Bertz CT molecular complexity index is 468. The molecule has 0 aliphatic carbocycles. The predicted octanol–water partition coefficient (Wildman–Crippen LogP) is 2.47. The maximum atomic E-state index is 12.5. The minimum atomic E-state index is -4.58. The van der Waals surface area contributed by atoms with Crippen molar-refractivity contribution in [2.45, 2.75) is 13.1 Å². The van der Waals surface area contributed by atoms with E-state index in [1.807, 2.05) is 4.72 Å². The fourth-order valence-corrected chi connectivity index (χ4v) is 1.72. The van der Waals surface area contributed by atoms with Crippen LogP contribution < -0.4 is 4.72 Å². The summed E-state index contributed by atoms with van der Waals surface area (Å²) in [5, 5.41) is 0. The first-order valence-electron chi connectivity index (χ1n) is 4.43. The number of benzene rings is 1. The van der Waals surface area contributed by atoms with Gasteiger partial charge in [0.05, 0.1) is 17.0 Å². The van der Waals surface area contributed by atoms with Gasteiger partial charge in [-0.1, -0.05) is 12.1 Å². The number of halogens is 3. The fraction of sp³-hybridized carbons (Fsp3) is 0.333. The van der Waals surface area contributed by atoms with Crippen LogP contribution in [0.15, 0.2) is 24.3 Å². The summed E-state index contributed by atoms with van der Waals surface area (Å²) >= 11 is 0. The quantitative estimate of drug-likeness (QED) is 0.899. The summed E-state index contributed by atoms with van der Waals surface area (Å²) in [5.41, 5.74) is -1.44. The Morgan fingerprint density at radius 2 is 1.81 bits per heavy atom. The smallest absolute Gasteiger partial charge is 0.283 e. The van der Waals surface area contributed by atoms with Crippen molar-refractivity contribution in [1.82, 2.24) is 0 Å². The summed E-state index contributed by atoms with van der Waals surface area (Å²) in [6, 6.07) is 4.44. The van der Waals surface area contributed by atoms with Crippen molar-refractivity contribution < 1.29 is 21.6 Å². The number of para-hydroxylation sites is 1. The van der Waals surface area contributed by atoms with E-state index in [-0.39, 0.29) is 5.75 Å². The number of hydrogen-bond donors (Lipinski definition) is 1. The molecule has 1 aromatic rings. The number of nitrogens with one attached hydrogen (secondary N) is 1. The number of alkyl halides is 3. The van der Waals surface area contributed by atoms with Crippen molar-refractivity contribution in [1.29, 1.82) is 0 Å². The third-order valence-corrected chi connectivity index (χ3v) is 3.17. The maximum absolute atomic E-state index is 12.5. The van der Waals surface area contributed by atoms with Gasteiger partial charge in [-0.3, -0.25) is 4.72 Å². The molecule has 3 nitrogen and oxygen atoms in total. The molecule has 90 valence electrons. The second kappa shape index (κ2) is 4.32. The average Bonchev–Trinajstić information content (AvgIpc) is 2.16. The summed E-state index contributed by atoms with van der Waals surface area (Å²) in [6.07, 6.45) is -4.58. The lowest BCUT2D eigenvalue weighted by atomic mass is 10.2. The molecule has 0 heterocycles. The van der Waals surface area contributed by atoms with Gasteiger partial charge >= 0.3 is 6.18 Å². The molecule has 1 aromatic carbocycles. The normalized spacial score (nSPS) is 12.5. The molecule has 16 heavy (non-hydrogen) atoms. The van der Waals surface area contributed by atoms with Crippen molar-refractivity contribution >= 4 is 15.7 Å². The molecule has 0 unspecified atom stereocenters. The Labute approximate surface area is 91.3 Å². The Kier molecular flexibility index (Phi) is 3.47. The minimum absolute atomic E-state index is 0.279. The Morgan fingerprint density at radius 1 is 1.25 bits per heavy atom. The lowest BCUT2D eigenvalue weighted by Gasteiger charge is -2.13. The fourth-order valence-electron chi connectivity index (χ4n) is 1.06. The van der Waals surface area contributed by atoms with Crippen molar-refractivity contribution in [3.05, 3.63) is 29.8 Å². The van der Waals surface area contributed by atoms with Crippen molar-refractivity contribution in [2.24, 2.45) is 0 Å². The first-order chi connectivity index (χ1) is 7.26. The van der Waals surface area contributed by atoms with E-state index in [1.54, 1.807) is 0 Å². The third kappa shape index (κ3) is 3.13. The van der Waals surface area contributed by atoms with Crippen LogP contribution in [0.5, 0.6) is 0 Å². The largest absolute Gasteiger partial charge is 0.418 e. The lowest BCUT2D eigenvalue weighted by molar-refractivity contribution is -0.136. The molecule has 0 radical (unpaired) electrons. The first-order valence-corrected chi connectivity index (χ1v) is 6.08. The van der Waals surface area contributed by atoms with Gasteiger partial charge in [0.25, 0.3) is 0 Å². The standard InChI is InChI=1S/C9H10F3NO2S/c1-2-16(14,15)13-8-6-4-3-5-7(8)9(10,11)12/h3-6,13H,2H2,1H3. The molecule has 0 atom stereocenters. The zero-order chi connectivity index (χ0) is 12.4. The van der Waals surface area contributed by atoms with Crippen LogP contribution in [0.2, 0.25) is 0 Å². The molecule has 0 saturated carbocycles. The van der Waals surface area contributed by atoms with Crippen LogP contribution in [-0.4, -0.2) is 14.2 Å². The molecule has 0 aromatic heterocycles. The lowest BCUT2D eigenvalue weighted by Crippen LogP contribution is -2.18. The van der Waals surface area contributed by atoms with E-state index >= 15 is 0 Å². The molecule has 0 saturated heterocycles. The summed E-state index contributed by atoms with van der Waals surface area (Å²) in [6.45, 7) is 1.35. The SMILES string of the molecule is CCS(=O)(=O)Nc1ccccc1C(F)(F)F.